The van der Waals surface area contributed by atoms with E-state index in [0.29, 0.717) is 35.9 Å². The third-order valence-corrected chi connectivity index (χ3v) is 4.68. The number of halogens is 1. The summed E-state index contributed by atoms with van der Waals surface area (Å²) in [6, 6.07) is 12.5. The second kappa shape index (κ2) is 6.37. The van der Waals surface area contributed by atoms with Crippen LogP contribution in [-0.2, 0) is 4.79 Å². The van der Waals surface area contributed by atoms with Crippen molar-refractivity contribution >= 4 is 11.6 Å². The van der Waals surface area contributed by atoms with Crippen LogP contribution >= 0.6 is 0 Å². The monoisotopic (exact) mass is 351 g/mol. The molecule has 2 aromatic carbocycles. The molecule has 0 aliphatic carbocycles. The fourth-order valence-electron chi connectivity index (χ4n) is 3.14. The number of aromatic nitrogens is 2. The zero-order chi connectivity index (χ0) is 18.3. The van der Waals surface area contributed by atoms with Crippen LogP contribution in [0, 0.1) is 19.7 Å². The van der Waals surface area contributed by atoms with Gasteiger partial charge in [-0.05, 0) is 37.6 Å². The number of nitrogens with zero attached hydrogens (tertiary/aromatic N) is 3. The van der Waals surface area contributed by atoms with Crippen LogP contribution < -0.4 is 4.90 Å². The fraction of sp³-hybridized carbons (Fsp3) is 0.250. The van der Waals surface area contributed by atoms with Crippen molar-refractivity contribution in [3.8, 4) is 11.4 Å². The highest BCUT2D eigenvalue weighted by atomic mass is 19.1. The number of aryl methyl sites for hydroxylation is 2. The number of carbonyl (C=O) groups excluding carboxylic acids is 1. The molecule has 1 aliphatic rings. The molecule has 6 heteroatoms. The molecule has 1 aromatic heterocycles. The molecular formula is C20H18FN3O2. The molecule has 5 nitrogen and oxygen atoms in total. The van der Waals surface area contributed by atoms with Crippen molar-refractivity contribution in [2.24, 2.45) is 0 Å². The maximum absolute atomic E-state index is 13.5. The second-order valence-corrected chi connectivity index (χ2v) is 6.66. The fourth-order valence-corrected chi connectivity index (χ4v) is 3.14. The predicted molar refractivity (Wildman–Crippen MR) is 95.3 cm³/mol. The predicted octanol–water partition coefficient (Wildman–Crippen LogP) is 4.01. The lowest BCUT2D eigenvalue weighted by Gasteiger charge is -2.16. The Labute approximate surface area is 150 Å². The molecule has 26 heavy (non-hydrogen) atoms. The third kappa shape index (κ3) is 2.98. The largest absolute Gasteiger partial charge is 0.339 e. The lowest BCUT2D eigenvalue weighted by Crippen LogP contribution is -2.24. The number of hydrogen-bond donors (Lipinski definition) is 0. The van der Waals surface area contributed by atoms with E-state index >= 15 is 0 Å². The van der Waals surface area contributed by atoms with Gasteiger partial charge in [0.1, 0.15) is 5.82 Å². The van der Waals surface area contributed by atoms with Gasteiger partial charge in [0.2, 0.25) is 17.6 Å². The average Bonchev–Trinajstić information content (AvgIpc) is 3.25. The van der Waals surface area contributed by atoms with Crippen LogP contribution in [0.2, 0.25) is 0 Å². The molecule has 1 unspecified atom stereocenters. The van der Waals surface area contributed by atoms with Gasteiger partial charge >= 0.3 is 0 Å². The molecule has 1 fully saturated rings. The quantitative estimate of drug-likeness (QED) is 0.715. The molecule has 1 aliphatic heterocycles. The molecule has 0 spiro atoms. The van der Waals surface area contributed by atoms with Crippen LogP contribution in [0.5, 0.6) is 0 Å². The summed E-state index contributed by atoms with van der Waals surface area (Å²) in [5.74, 6) is 0.492. The molecule has 1 saturated heterocycles. The van der Waals surface area contributed by atoms with Crippen LogP contribution in [0.15, 0.2) is 47.0 Å². The molecule has 1 atom stereocenters. The van der Waals surface area contributed by atoms with Gasteiger partial charge in [-0.25, -0.2) is 4.39 Å². The van der Waals surface area contributed by atoms with Gasteiger partial charge in [0.05, 0.1) is 5.92 Å². The highest BCUT2D eigenvalue weighted by Gasteiger charge is 2.35. The zero-order valence-electron chi connectivity index (χ0n) is 14.6. The van der Waals surface area contributed by atoms with Gasteiger partial charge in [-0.2, -0.15) is 4.98 Å². The van der Waals surface area contributed by atoms with Crippen LogP contribution in [0.4, 0.5) is 10.1 Å². The maximum Gasteiger partial charge on any atom is 0.232 e. The Morgan fingerprint density at radius 1 is 1.15 bits per heavy atom. The van der Waals surface area contributed by atoms with E-state index in [-0.39, 0.29) is 17.6 Å². The van der Waals surface area contributed by atoms with Crippen molar-refractivity contribution in [3.05, 3.63) is 65.3 Å². The summed E-state index contributed by atoms with van der Waals surface area (Å²) >= 11 is 0. The first kappa shape index (κ1) is 16.4. The molecule has 0 bridgehead atoms. The van der Waals surface area contributed by atoms with Crippen molar-refractivity contribution in [3.63, 3.8) is 0 Å². The highest BCUT2D eigenvalue weighted by Crippen LogP contribution is 2.32. The minimum absolute atomic E-state index is 0.0314. The van der Waals surface area contributed by atoms with Gasteiger partial charge in [-0.1, -0.05) is 35.0 Å². The van der Waals surface area contributed by atoms with Crippen molar-refractivity contribution in [1.29, 1.82) is 0 Å². The molecular weight excluding hydrogens is 333 g/mol. The van der Waals surface area contributed by atoms with Crippen LogP contribution in [0.25, 0.3) is 11.4 Å². The topological polar surface area (TPSA) is 59.2 Å². The van der Waals surface area contributed by atoms with Gasteiger partial charge in [0.15, 0.2) is 0 Å². The molecule has 0 saturated carbocycles. The first-order valence-electron chi connectivity index (χ1n) is 8.48. The molecule has 3 aromatic rings. The third-order valence-electron chi connectivity index (χ3n) is 4.68. The van der Waals surface area contributed by atoms with E-state index in [1.165, 1.54) is 6.07 Å². The van der Waals surface area contributed by atoms with E-state index in [9.17, 15) is 9.18 Å². The smallest absolute Gasteiger partial charge is 0.232 e. The van der Waals surface area contributed by atoms with Crippen molar-refractivity contribution in [1.82, 2.24) is 10.1 Å². The van der Waals surface area contributed by atoms with Crippen molar-refractivity contribution < 1.29 is 13.7 Å². The number of benzene rings is 2. The maximum atomic E-state index is 13.5. The van der Waals surface area contributed by atoms with E-state index in [1.54, 1.807) is 24.0 Å². The number of carbonyl (C=O) groups is 1. The van der Waals surface area contributed by atoms with E-state index in [1.807, 2.05) is 31.2 Å². The number of rotatable bonds is 3. The van der Waals surface area contributed by atoms with E-state index in [2.05, 4.69) is 10.1 Å². The SMILES string of the molecule is Cc1ccc(-c2noc(C3CC(=O)N(c4ccc(F)c(C)c4)C3)n2)cc1. The summed E-state index contributed by atoms with van der Waals surface area (Å²) in [6.45, 7) is 4.14. The second-order valence-electron chi connectivity index (χ2n) is 6.66. The minimum atomic E-state index is -0.281. The van der Waals surface area contributed by atoms with Crippen LogP contribution in [0.1, 0.15) is 29.4 Å². The summed E-state index contributed by atoms with van der Waals surface area (Å²) < 4.78 is 18.9. The van der Waals surface area contributed by atoms with Gasteiger partial charge in [-0.3, -0.25) is 4.79 Å². The lowest BCUT2D eigenvalue weighted by atomic mass is 10.1. The van der Waals surface area contributed by atoms with Gasteiger partial charge in [0.25, 0.3) is 0 Å². The molecule has 132 valence electrons. The summed E-state index contributed by atoms with van der Waals surface area (Å²) in [5.41, 5.74) is 3.23. The Hall–Kier alpha value is -3.02. The molecule has 1 amide bonds. The van der Waals surface area contributed by atoms with Crippen molar-refractivity contribution in [2.75, 3.05) is 11.4 Å². The van der Waals surface area contributed by atoms with E-state index in [4.69, 9.17) is 4.52 Å². The Balaban J connectivity index is 1.55. The van der Waals surface area contributed by atoms with Gasteiger partial charge < -0.3 is 9.42 Å². The average molecular weight is 351 g/mol. The standard InChI is InChI=1S/C20H18FN3O2/c1-12-3-5-14(6-4-12)19-22-20(26-23-19)15-10-18(25)24(11-15)16-7-8-17(21)13(2)9-16/h3-9,15H,10-11H2,1-2H3. The molecule has 4 rings (SSSR count). The Kier molecular flexibility index (Phi) is 4.03. The zero-order valence-corrected chi connectivity index (χ0v) is 14.6. The minimum Gasteiger partial charge on any atom is -0.339 e. The van der Waals surface area contributed by atoms with Gasteiger partial charge in [0, 0.05) is 24.2 Å². The first-order chi connectivity index (χ1) is 12.5. The summed E-state index contributed by atoms with van der Waals surface area (Å²) in [6.07, 6.45) is 0.298. The molecule has 0 N–H and O–H groups in total. The van der Waals surface area contributed by atoms with Crippen LogP contribution in [-0.4, -0.2) is 22.6 Å². The van der Waals surface area contributed by atoms with Crippen molar-refractivity contribution in [2.45, 2.75) is 26.2 Å². The highest BCUT2D eigenvalue weighted by molar-refractivity contribution is 5.96. The summed E-state index contributed by atoms with van der Waals surface area (Å²) in [5, 5.41) is 4.04. The normalized spacial score (nSPS) is 17.1. The number of hydrogen-bond acceptors (Lipinski definition) is 4. The first-order valence-corrected chi connectivity index (χ1v) is 8.48. The Morgan fingerprint density at radius 3 is 2.65 bits per heavy atom. The Morgan fingerprint density at radius 2 is 1.92 bits per heavy atom. The van der Waals surface area contributed by atoms with Gasteiger partial charge in [-0.15, -0.1) is 0 Å². The number of amides is 1. The van der Waals surface area contributed by atoms with Crippen LogP contribution in [0.3, 0.4) is 0 Å². The molecule has 2 heterocycles. The van der Waals surface area contributed by atoms with E-state index < -0.39 is 0 Å². The molecule has 0 radical (unpaired) electrons. The number of anilines is 1. The summed E-state index contributed by atoms with van der Waals surface area (Å²) in [7, 11) is 0. The lowest BCUT2D eigenvalue weighted by molar-refractivity contribution is -0.117. The Bertz CT molecular complexity index is 965. The summed E-state index contributed by atoms with van der Waals surface area (Å²) in [4.78, 5) is 18.5. The van der Waals surface area contributed by atoms with E-state index in [0.717, 1.165) is 11.1 Å².